The Morgan fingerprint density at radius 2 is 2.00 bits per heavy atom. The fourth-order valence-electron chi connectivity index (χ4n) is 3.63. The maximum absolute atomic E-state index is 14.0. The first kappa shape index (κ1) is 21.7. The molecule has 0 N–H and O–H groups in total. The maximum atomic E-state index is 14.0. The van der Waals surface area contributed by atoms with E-state index in [0.717, 1.165) is 0 Å². The summed E-state index contributed by atoms with van der Waals surface area (Å²) in [5.74, 6) is -0.694. The van der Waals surface area contributed by atoms with Gasteiger partial charge in [0.2, 0.25) is 15.9 Å². The fourth-order valence-corrected chi connectivity index (χ4v) is 5.61. The van der Waals surface area contributed by atoms with Crippen LogP contribution >= 0.6 is 11.6 Å². The molecule has 10 heteroatoms. The molecule has 0 saturated carbocycles. The fraction of sp³-hybridized carbons (Fsp3) is 0.474. The third-order valence-electron chi connectivity index (χ3n) is 5.20. The van der Waals surface area contributed by atoms with Gasteiger partial charge in [-0.2, -0.15) is 4.31 Å². The molecule has 0 unspecified atom stereocenters. The van der Waals surface area contributed by atoms with E-state index < -0.39 is 15.8 Å². The summed E-state index contributed by atoms with van der Waals surface area (Å²) >= 11 is 6.04. The van der Waals surface area contributed by atoms with E-state index in [1.807, 2.05) is 0 Å². The number of rotatable bonds is 5. The summed E-state index contributed by atoms with van der Waals surface area (Å²) in [4.78, 5) is 14.3. The van der Waals surface area contributed by atoms with Crippen LogP contribution in [0.5, 0.6) is 0 Å². The van der Waals surface area contributed by atoms with Gasteiger partial charge in [0.15, 0.2) is 5.76 Å². The van der Waals surface area contributed by atoms with Gasteiger partial charge in [0.25, 0.3) is 0 Å². The van der Waals surface area contributed by atoms with Crippen molar-refractivity contribution in [1.82, 2.24) is 14.4 Å². The second-order valence-electron chi connectivity index (χ2n) is 7.23. The predicted octanol–water partition coefficient (Wildman–Crippen LogP) is 3.14. The van der Waals surface area contributed by atoms with E-state index >= 15 is 0 Å². The van der Waals surface area contributed by atoms with Gasteiger partial charge in [0.1, 0.15) is 16.4 Å². The average Bonchev–Trinajstić information content (AvgIpc) is 3.03. The molecule has 1 aliphatic rings. The number of carbonyl (C=O) groups is 1. The largest absolute Gasteiger partial charge is 0.360 e. The molecule has 1 aromatic heterocycles. The van der Waals surface area contributed by atoms with Gasteiger partial charge < -0.3 is 9.42 Å². The van der Waals surface area contributed by atoms with E-state index in [1.165, 1.54) is 21.3 Å². The van der Waals surface area contributed by atoms with Crippen LogP contribution in [-0.2, 0) is 21.4 Å². The van der Waals surface area contributed by atoms with Crippen LogP contribution in [-0.4, -0.2) is 48.8 Å². The molecule has 3 rings (SSSR count). The number of aryl methyl sites for hydroxylation is 2. The third kappa shape index (κ3) is 4.31. The van der Waals surface area contributed by atoms with Crippen molar-refractivity contribution in [3.05, 3.63) is 46.1 Å². The van der Waals surface area contributed by atoms with Crippen LogP contribution in [0.4, 0.5) is 4.39 Å². The van der Waals surface area contributed by atoms with Crippen molar-refractivity contribution < 1.29 is 22.1 Å². The highest BCUT2D eigenvalue weighted by Crippen LogP contribution is 2.29. The number of nitrogens with zero attached hydrogens (tertiary/aromatic N) is 3. The Kier molecular flexibility index (Phi) is 6.30. The standard InChI is InChI=1S/C19H23ClFN3O4S/c1-12-18(13(2)28-22-12)29(26,27)24-9-7-14(8-10-24)19(25)23(3)11-15-16(20)5-4-6-17(15)21/h4-6,14H,7-11H2,1-3H3. The first-order valence-electron chi connectivity index (χ1n) is 9.23. The van der Waals surface area contributed by atoms with Crippen LogP contribution in [0, 0.1) is 25.6 Å². The minimum atomic E-state index is -3.72. The van der Waals surface area contributed by atoms with Crippen molar-refractivity contribution in [2.24, 2.45) is 5.92 Å². The number of sulfonamides is 1. The summed E-state index contributed by atoms with van der Waals surface area (Å²) in [6.45, 7) is 3.64. The van der Waals surface area contributed by atoms with E-state index in [-0.39, 0.29) is 52.7 Å². The summed E-state index contributed by atoms with van der Waals surface area (Å²) in [7, 11) is -2.13. The summed E-state index contributed by atoms with van der Waals surface area (Å²) < 4.78 is 46.1. The molecule has 1 aromatic carbocycles. The number of aromatic nitrogens is 1. The topological polar surface area (TPSA) is 83.7 Å². The molecule has 1 aliphatic heterocycles. The molecule has 158 valence electrons. The van der Waals surface area contributed by atoms with Crippen LogP contribution in [0.2, 0.25) is 5.02 Å². The van der Waals surface area contributed by atoms with Gasteiger partial charge in [0, 0.05) is 43.2 Å². The number of piperidine rings is 1. The quantitative estimate of drug-likeness (QED) is 0.708. The third-order valence-corrected chi connectivity index (χ3v) is 7.70. The van der Waals surface area contributed by atoms with Gasteiger partial charge in [-0.3, -0.25) is 4.79 Å². The first-order chi connectivity index (χ1) is 13.6. The summed E-state index contributed by atoms with van der Waals surface area (Å²) in [5, 5.41) is 3.98. The number of carbonyl (C=O) groups excluding carboxylic acids is 1. The van der Waals surface area contributed by atoms with Crippen molar-refractivity contribution in [2.45, 2.75) is 38.1 Å². The van der Waals surface area contributed by atoms with E-state index in [1.54, 1.807) is 27.0 Å². The summed E-state index contributed by atoms with van der Waals surface area (Å²) in [5.41, 5.74) is 0.589. The molecule has 29 heavy (non-hydrogen) atoms. The molecule has 0 radical (unpaired) electrons. The highest BCUT2D eigenvalue weighted by Gasteiger charge is 2.36. The molecule has 7 nitrogen and oxygen atoms in total. The normalized spacial score (nSPS) is 16.2. The molecule has 2 aromatic rings. The van der Waals surface area contributed by atoms with Gasteiger partial charge in [-0.05, 0) is 38.8 Å². The lowest BCUT2D eigenvalue weighted by Crippen LogP contribution is -2.43. The molecule has 2 heterocycles. The molecule has 1 saturated heterocycles. The van der Waals surface area contributed by atoms with Crippen molar-refractivity contribution in [3.63, 3.8) is 0 Å². The summed E-state index contributed by atoms with van der Waals surface area (Å²) in [6.07, 6.45) is 0.771. The molecule has 0 bridgehead atoms. The zero-order valence-electron chi connectivity index (χ0n) is 16.5. The van der Waals surface area contributed by atoms with Crippen molar-refractivity contribution in [1.29, 1.82) is 0 Å². The number of halogens is 2. The molecule has 0 aliphatic carbocycles. The highest BCUT2D eigenvalue weighted by molar-refractivity contribution is 7.89. The Hall–Kier alpha value is -1.97. The van der Waals surface area contributed by atoms with Crippen molar-refractivity contribution in [3.8, 4) is 0 Å². The predicted molar refractivity (Wildman–Crippen MR) is 105 cm³/mol. The van der Waals surface area contributed by atoms with E-state index in [0.29, 0.717) is 18.5 Å². The lowest BCUT2D eigenvalue weighted by molar-refractivity contribution is -0.136. The summed E-state index contributed by atoms with van der Waals surface area (Å²) in [6, 6.07) is 4.39. The molecule has 0 atom stereocenters. The SMILES string of the molecule is Cc1noc(C)c1S(=O)(=O)N1CCC(C(=O)N(C)Cc2c(F)cccc2Cl)CC1. The Labute approximate surface area is 174 Å². The van der Waals surface area contributed by atoms with Gasteiger partial charge in [-0.1, -0.05) is 22.8 Å². The van der Waals surface area contributed by atoms with E-state index in [4.69, 9.17) is 16.1 Å². The molecule has 1 amide bonds. The lowest BCUT2D eigenvalue weighted by Gasteiger charge is -2.32. The second-order valence-corrected chi connectivity index (χ2v) is 9.51. The Morgan fingerprint density at radius 3 is 2.55 bits per heavy atom. The minimum absolute atomic E-state index is 0.0575. The van der Waals surface area contributed by atoms with Gasteiger partial charge >= 0.3 is 0 Å². The van der Waals surface area contributed by atoms with E-state index in [2.05, 4.69) is 5.16 Å². The monoisotopic (exact) mass is 443 g/mol. The zero-order chi connectivity index (χ0) is 21.3. The van der Waals surface area contributed by atoms with Gasteiger partial charge in [-0.15, -0.1) is 0 Å². The van der Waals surface area contributed by atoms with Crippen molar-refractivity contribution >= 4 is 27.5 Å². The van der Waals surface area contributed by atoms with Crippen LogP contribution in [0.1, 0.15) is 29.9 Å². The van der Waals surface area contributed by atoms with Gasteiger partial charge in [-0.25, -0.2) is 12.8 Å². The number of hydrogen-bond donors (Lipinski definition) is 0. The van der Waals surface area contributed by atoms with Crippen molar-refractivity contribution in [2.75, 3.05) is 20.1 Å². The van der Waals surface area contributed by atoms with Crippen LogP contribution < -0.4 is 0 Å². The lowest BCUT2D eigenvalue weighted by atomic mass is 9.96. The number of amides is 1. The van der Waals surface area contributed by atoms with E-state index in [9.17, 15) is 17.6 Å². The number of benzene rings is 1. The van der Waals surface area contributed by atoms with Gasteiger partial charge in [0.05, 0.1) is 0 Å². The Morgan fingerprint density at radius 1 is 1.34 bits per heavy atom. The van der Waals surface area contributed by atoms with Crippen LogP contribution in [0.25, 0.3) is 0 Å². The molecule has 1 fully saturated rings. The highest BCUT2D eigenvalue weighted by atomic mass is 35.5. The maximum Gasteiger partial charge on any atom is 0.248 e. The zero-order valence-corrected chi connectivity index (χ0v) is 18.1. The molecular weight excluding hydrogens is 421 g/mol. The Bertz CT molecular complexity index is 977. The second kappa shape index (κ2) is 8.41. The average molecular weight is 444 g/mol. The molecule has 0 spiro atoms. The molecular formula is C19H23ClFN3O4S. The Balaban J connectivity index is 1.65. The smallest absolute Gasteiger partial charge is 0.248 e. The van der Waals surface area contributed by atoms with Crippen LogP contribution in [0.15, 0.2) is 27.6 Å². The van der Waals surface area contributed by atoms with Crippen LogP contribution in [0.3, 0.4) is 0 Å². The minimum Gasteiger partial charge on any atom is -0.360 e. The number of hydrogen-bond acceptors (Lipinski definition) is 5. The first-order valence-corrected chi connectivity index (χ1v) is 11.1.